The zero-order valence-electron chi connectivity index (χ0n) is 6.23. The van der Waals surface area contributed by atoms with E-state index in [1.165, 1.54) is 0 Å². The topological polar surface area (TPSA) is 17.1 Å². The highest BCUT2D eigenvalue weighted by molar-refractivity contribution is 6.34. The van der Waals surface area contributed by atoms with E-state index < -0.39 is 0 Å². The van der Waals surface area contributed by atoms with Crippen molar-refractivity contribution in [2.75, 3.05) is 0 Å². The first-order valence-electron chi connectivity index (χ1n) is 3.23. The van der Waals surface area contributed by atoms with Gasteiger partial charge in [0.15, 0.2) is 5.78 Å². The van der Waals surface area contributed by atoms with Crippen LogP contribution in [0, 0.1) is 13.8 Å². The molecule has 1 aromatic rings. The molecule has 0 aliphatic carbocycles. The molecule has 0 N–H and O–H groups in total. The molecule has 0 fully saturated rings. The number of Topliss-reactive ketones (excluding diaryl/α,β-unsaturated/α-hetero) is 1. The molecule has 0 saturated carbocycles. The molecule has 57 valence electrons. The molecule has 0 aliphatic heterocycles. The van der Waals surface area contributed by atoms with Crippen LogP contribution in [0.4, 0.5) is 0 Å². The number of rotatable bonds is 1. The number of carbonyl (C=O) groups is 1. The van der Waals surface area contributed by atoms with Crippen LogP contribution in [0.3, 0.4) is 0 Å². The maximum absolute atomic E-state index is 10.8. The summed E-state index contributed by atoms with van der Waals surface area (Å²) in [5.41, 5.74) is 1.53. The Hall–Kier alpha value is -0.820. The third kappa shape index (κ3) is 1.81. The lowest BCUT2D eigenvalue weighted by molar-refractivity contribution is 0.104. The Kier molecular flexibility index (Phi) is 2.30. The van der Waals surface area contributed by atoms with Crippen molar-refractivity contribution in [2.24, 2.45) is 0 Å². The molecule has 1 aromatic carbocycles. The lowest BCUT2D eigenvalue weighted by Gasteiger charge is -1.99. The van der Waals surface area contributed by atoms with Crippen LogP contribution in [0.5, 0.6) is 0 Å². The van der Waals surface area contributed by atoms with E-state index in [1.54, 1.807) is 12.1 Å². The fourth-order valence-corrected chi connectivity index (χ4v) is 1.19. The van der Waals surface area contributed by atoms with Gasteiger partial charge in [-0.15, -0.1) is 0 Å². The molecular weight excluding hydrogens is 160 g/mol. The summed E-state index contributed by atoms with van der Waals surface area (Å²) in [6.45, 7) is 5.20. The van der Waals surface area contributed by atoms with Crippen molar-refractivity contribution >= 4 is 17.4 Å². The first-order valence-corrected chi connectivity index (χ1v) is 3.61. The minimum absolute atomic E-state index is 0.241. The van der Waals surface area contributed by atoms with Gasteiger partial charge in [-0.2, -0.15) is 0 Å². The van der Waals surface area contributed by atoms with Crippen LogP contribution in [0.2, 0.25) is 5.02 Å². The van der Waals surface area contributed by atoms with Crippen LogP contribution in [0.15, 0.2) is 18.2 Å². The number of ketones is 1. The number of hydrogen-bond donors (Lipinski definition) is 0. The van der Waals surface area contributed by atoms with E-state index in [4.69, 9.17) is 11.6 Å². The van der Waals surface area contributed by atoms with Crippen molar-refractivity contribution in [1.29, 1.82) is 0 Å². The summed E-state index contributed by atoms with van der Waals surface area (Å²) in [5, 5.41) is 0.477. The van der Waals surface area contributed by atoms with E-state index in [1.807, 2.05) is 13.0 Å². The van der Waals surface area contributed by atoms with Gasteiger partial charge in [0.25, 0.3) is 0 Å². The third-order valence-corrected chi connectivity index (χ3v) is 1.74. The first-order chi connectivity index (χ1) is 5.11. The molecule has 0 aliphatic rings. The summed E-state index contributed by atoms with van der Waals surface area (Å²) in [5.74, 6) is -0.241. The number of aryl methyl sites for hydroxylation is 1. The van der Waals surface area contributed by atoms with Crippen molar-refractivity contribution in [3.8, 4) is 0 Å². The normalized spacial score (nSPS) is 9.73. The van der Waals surface area contributed by atoms with Crippen molar-refractivity contribution in [2.45, 2.75) is 6.92 Å². The standard InChI is InChI=1S/C9H8ClO/c1-6-3-4-8(7(2)11)9(10)5-6/h3-5H,2H2,1H3. The van der Waals surface area contributed by atoms with Gasteiger partial charge in [-0.1, -0.05) is 17.7 Å². The number of benzene rings is 1. The fraction of sp³-hybridized carbons (Fsp3) is 0.111. The van der Waals surface area contributed by atoms with Crippen LogP contribution in [-0.4, -0.2) is 5.78 Å². The first kappa shape index (κ1) is 8.28. The van der Waals surface area contributed by atoms with E-state index in [2.05, 4.69) is 6.92 Å². The van der Waals surface area contributed by atoms with Gasteiger partial charge in [0.2, 0.25) is 0 Å². The average Bonchev–Trinajstić information content (AvgIpc) is 1.85. The van der Waals surface area contributed by atoms with Gasteiger partial charge in [0, 0.05) is 12.5 Å². The maximum atomic E-state index is 10.8. The molecule has 0 spiro atoms. The van der Waals surface area contributed by atoms with E-state index in [0.29, 0.717) is 10.6 Å². The molecule has 0 aromatic heterocycles. The lowest BCUT2D eigenvalue weighted by atomic mass is 10.1. The molecule has 0 atom stereocenters. The molecule has 0 heterocycles. The molecule has 0 unspecified atom stereocenters. The molecular formula is C9H8ClO. The molecule has 11 heavy (non-hydrogen) atoms. The van der Waals surface area contributed by atoms with Crippen LogP contribution >= 0.6 is 11.6 Å². The molecule has 0 amide bonds. The van der Waals surface area contributed by atoms with Crippen LogP contribution < -0.4 is 0 Å². The largest absolute Gasteiger partial charge is 0.294 e. The number of carbonyl (C=O) groups excluding carboxylic acids is 1. The Morgan fingerprint density at radius 2 is 2.18 bits per heavy atom. The molecule has 0 bridgehead atoms. The fourth-order valence-electron chi connectivity index (χ4n) is 0.846. The summed E-state index contributed by atoms with van der Waals surface area (Å²) >= 11 is 5.76. The van der Waals surface area contributed by atoms with E-state index in [0.717, 1.165) is 5.56 Å². The van der Waals surface area contributed by atoms with Crippen molar-refractivity contribution in [1.82, 2.24) is 0 Å². The monoisotopic (exact) mass is 167 g/mol. The molecule has 1 radical (unpaired) electrons. The Bertz CT molecular complexity index is 292. The highest BCUT2D eigenvalue weighted by Crippen LogP contribution is 2.17. The smallest absolute Gasteiger partial charge is 0.164 e. The zero-order chi connectivity index (χ0) is 8.43. The summed E-state index contributed by atoms with van der Waals surface area (Å²) in [7, 11) is 0. The van der Waals surface area contributed by atoms with Crippen molar-refractivity contribution < 1.29 is 4.79 Å². The van der Waals surface area contributed by atoms with E-state index >= 15 is 0 Å². The van der Waals surface area contributed by atoms with Gasteiger partial charge < -0.3 is 0 Å². The Labute approximate surface area is 71.0 Å². The van der Waals surface area contributed by atoms with Crippen LogP contribution in [-0.2, 0) is 0 Å². The Morgan fingerprint density at radius 1 is 1.55 bits per heavy atom. The van der Waals surface area contributed by atoms with Gasteiger partial charge in [0.05, 0.1) is 5.02 Å². The number of hydrogen-bond acceptors (Lipinski definition) is 1. The zero-order valence-corrected chi connectivity index (χ0v) is 6.98. The minimum atomic E-state index is -0.241. The molecule has 0 saturated heterocycles. The Balaban J connectivity index is 3.20. The molecule has 2 heteroatoms. The Morgan fingerprint density at radius 3 is 2.64 bits per heavy atom. The average molecular weight is 168 g/mol. The van der Waals surface area contributed by atoms with E-state index in [9.17, 15) is 4.79 Å². The lowest BCUT2D eigenvalue weighted by Crippen LogP contribution is -1.93. The van der Waals surface area contributed by atoms with Gasteiger partial charge in [0.1, 0.15) is 0 Å². The van der Waals surface area contributed by atoms with Crippen molar-refractivity contribution in [3.63, 3.8) is 0 Å². The summed E-state index contributed by atoms with van der Waals surface area (Å²) in [6, 6.07) is 5.28. The van der Waals surface area contributed by atoms with Gasteiger partial charge in [-0.25, -0.2) is 0 Å². The third-order valence-electron chi connectivity index (χ3n) is 1.42. The summed E-state index contributed by atoms with van der Waals surface area (Å²) in [4.78, 5) is 10.8. The highest BCUT2D eigenvalue weighted by atomic mass is 35.5. The summed E-state index contributed by atoms with van der Waals surface area (Å²) < 4.78 is 0. The second kappa shape index (κ2) is 3.05. The quantitative estimate of drug-likeness (QED) is 0.588. The second-order valence-corrected chi connectivity index (χ2v) is 2.81. The predicted octanol–water partition coefficient (Wildman–Crippen LogP) is 2.67. The van der Waals surface area contributed by atoms with E-state index in [-0.39, 0.29) is 5.78 Å². The van der Waals surface area contributed by atoms with Crippen LogP contribution in [0.25, 0.3) is 0 Å². The van der Waals surface area contributed by atoms with Gasteiger partial charge in [-0.05, 0) is 24.6 Å². The SMILES string of the molecule is [CH2]C(=O)c1ccc(C)cc1Cl. The molecule has 1 rings (SSSR count). The minimum Gasteiger partial charge on any atom is -0.294 e. The highest BCUT2D eigenvalue weighted by Gasteiger charge is 2.03. The predicted molar refractivity (Wildman–Crippen MR) is 45.9 cm³/mol. The summed E-state index contributed by atoms with van der Waals surface area (Å²) in [6.07, 6.45) is 0. The maximum Gasteiger partial charge on any atom is 0.164 e. The van der Waals surface area contributed by atoms with Crippen molar-refractivity contribution in [3.05, 3.63) is 41.3 Å². The van der Waals surface area contributed by atoms with Gasteiger partial charge >= 0.3 is 0 Å². The van der Waals surface area contributed by atoms with Crippen LogP contribution in [0.1, 0.15) is 15.9 Å². The molecule has 1 nitrogen and oxygen atoms in total. The number of halogens is 1. The van der Waals surface area contributed by atoms with Gasteiger partial charge in [-0.3, -0.25) is 4.79 Å². The second-order valence-electron chi connectivity index (χ2n) is 2.41.